The summed E-state index contributed by atoms with van der Waals surface area (Å²) in [7, 11) is 0. The number of ether oxygens (including phenoxy) is 2. The maximum atomic E-state index is 12.7. The molecule has 1 saturated heterocycles. The van der Waals surface area contributed by atoms with Gasteiger partial charge in [0.25, 0.3) is 0 Å². The normalized spacial score (nSPS) is 40.5. The maximum absolute atomic E-state index is 12.7. The van der Waals surface area contributed by atoms with Crippen molar-refractivity contribution in [2.24, 2.45) is 16.2 Å². The topological polar surface area (TPSA) is 59.3 Å². The summed E-state index contributed by atoms with van der Waals surface area (Å²) in [4.78, 5) is 12.7. The van der Waals surface area contributed by atoms with E-state index in [1.807, 2.05) is 19.9 Å². The Hall–Kier alpha value is -1.18. The molecule has 0 aromatic heterocycles. The number of nitrogens with zero attached hydrogens (tertiary/aromatic N) is 1. The van der Waals surface area contributed by atoms with E-state index in [0.717, 1.165) is 19.3 Å². The van der Waals surface area contributed by atoms with Crippen molar-refractivity contribution in [3.63, 3.8) is 0 Å². The molecule has 1 spiro atoms. The number of hydrogen-bond donors (Lipinski definition) is 0. The van der Waals surface area contributed by atoms with Gasteiger partial charge in [0.1, 0.15) is 6.07 Å². The predicted octanol–water partition coefficient (Wildman–Crippen LogP) is 2.98. The quantitative estimate of drug-likeness (QED) is 0.688. The number of Topliss-reactive ketones (excluding diaryl/α,β-unsaturated/α-hetero) is 1. The smallest absolute Gasteiger partial charge is 0.179 e. The van der Waals surface area contributed by atoms with Crippen LogP contribution in [0.15, 0.2) is 11.6 Å². The Labute approximate surface area is 126 Å². The van der Waals surface area contributed by atoms with Crippen LogP contribution in [0, 0.1) is 27.6 Å². The molecule has 3 aliphatic rings. The number of rotatable bonds is 0. The molecule has 21 heavy (non-hydrogen) atoms. The minimum Gasteiger partial charge on any atom is -0.347 e. The first-order chi connectivity index (χ1) is 9.74. The molecule has 0 bridgehead atoms. The van der Waals surface area contributed by atoms with Gasteiger partial charge in [0.15, 0.2) is 11.6 Å². The molecule has 0 unspecified atom stereocenters. The molecule has 3 rings (SSSR count). The summed E-state index contributed by atoms with van der Waals surface area (Å²) >= 11 is 0. The number of carbonyl (C=O) groups is 1. The molecular weight excluding hydrogens is 266 g/mol. The van der Waals surface area contributed by atoms with Gasteiger partial charge in [-0.2, -0.15) is 5.26 Å². The second kappa shape index (κ2) is 4.18. The van der Waals surface area contributed by atoms with E-state index in [4.69, 9.17) is 9.47 Å². The van der Waals surface area contributed by atoms with Crippen LogP contribution in [0.5, 0.6) is 0 Å². The molecule has 1 aliphatic heterocycles. The molecule has 4 nitrogen and oxygen atoms in total. The van der Waals surface area contributed by atoms with E-state index in [0.29, 0.717) is 13.2 Å². The molecule has 0 amide bonds. The molecule has 4 heteroatoms. The zero-order valence-corrected chi connectivity index (χ0v) is 13.3. The highest BCUT2D eigenvalue weighted by molar-refractivity contribution is 6.04. The van der Waals surface area contributed by atoms with Crippen LogP contribution in [-0.4, -0.2) is 24.8 Å². The summed E-state index contributed by atoms with van der Waals surface area (Å²) in [5, 5.41) is 9.39. The van der Waals surface area contributed by atoms with Crippen molar-refractivity contribution in [2.45, 2.75) is 52.7 Å². The number of hydrogen-bond acceptors (Lipinski definition) is 4. The van der Waals surface area contributed by atoms with Crippen molar-refractivity contribution in [3.8, 4) is 6.07 Å². The summed E-state index contributed by atoms with van der Waals surface area (Å²) in [5.74, 6) is -0.750. The lowest BCUT2D eigenvalue weighted by Gasteiger charge is -2.63. The van der Waals surface area contributed by atoms with Crippen molar-refractivity contribution in [2.75, 3.05) is 13.2 Å². The Kier molecular flexibility index (Phi) is 2.93. The summed E-state index contributed by atoms with van der Waals surface area (Å²) in [6.45, 7) is 9.34. The largest absolute Gasteiger partial charge is 0.347 e. The first-order valence-corrected chi connectivity index (χ1v) is 7.70. The fourth-order valence-corrected chi connectivity index (χ4v) is 4.77. The third-order valence-electron chi connectivity index (χ3n) is 6.62. The second-order valence-corrected chi connectivity index (χ2v) is 7.46. The second-order valence-electron chi connectivity index (χ2n) is 7.46. The molecule has 2 atom stereocenters. The van der Waals surface area contributed by atoms with Gasteiger partial charge in [-0.05, 0) is 18.3 Å². The minimum absolute atomic E-state index is 0.0555. The van der Waals surface area contributed by atoms with Gasteiger partial charge < -0.3 is 9.47 Å². The van der Waals surface area contributed by atoms with Crippen LogP contribution >= 0.6 is 0 Å². The molecule has 2 aliphatic carbocycles. The lowest BCUT2D eigenvalue weighted by atomic mass is 9.42. The van der Waals surface area contributed by atoms with E-state index in [9.17, 15) is 10.1 Å². The van der Waals surface area contributed by atoms with Gasteiger partial charge in [0, 0.05) is 17.3 Å². The molecule has 114 valence electrons. The molecule has 1 heterocycles. The average molecular weight is 289 g/mol. The zero-order chi connectivity index (χ0) is 15.5. The summed E-state index contributed by atoms with van der Waals surface area (Å²) in [5.41, 5.74) is -1.12. The van der Waals surface area contributed by atoms with Gasteiger partial charge in [-0.15, -0.1) is 0 Å². The van der Waals surface area contributed by atoms with Crippen LogP contribution < -0.4 is 0 Å². The van der Waals surface area contributed by atoms with E-state index in [1.165, 1.54) is 0 Å². The number of allylic oxidation sites excluding steroid dienone is 1. The van der Waals surface area contributed by atoms with Gasteiger partial charge in [-0.25, -0.2) is 0 Å². The van der Waals surface area contributed by atoms with Crippen molar-refractivity contribution in [3.05, 3.63) is 11.6 Å². The van der Waals surface area contributed by atoms with E-state index >= 15 is 0 Å². The predicted molar refractivity (Wildman–Crippen MR) is 77.2 cm³/mol. The number of fused-ring (bicyclic) bond motifs is 2. The molecule has 0 aromatic carbocycles. The van der Waals surface area contributed by atoms with Crippen molar-refractivity contribution in [1.29, 1.82) is 5.26 Å². The van der Waals surface area contributed by atoms with Gasteiger partial charge in [0.2, 0.25) is 0 Å². The lowest BCUT2D eigenvalue weighted by Crippen LogP contribution is -2.66. The Morgan fingerprint density at radius 3 is 2.33 bits per heavy atom. The maximum Gasteiger partial charge on any atom is 0.179 e. The Balaban J connectivity index is 2.27. The van der Waals surface area contributed by atoms with Crippen LogP contribution in [0.25, 0.3) is 0 Å². The minimum atomic E-state index is -0.694. The molecule has 0 aromatic rings. The van der Waals surface area contributed by atoms with Crippen LogP contribution in [-0.2, 0) is 14.3 Å². The van der Waals surface area contributed by atoms with Crippen molar-refractivity contribution >= 4 is 5.78 Å². The summed E-state index contributed by atoms with van der Waals surface area (Å²) in [6.07, 6.45) is 4.56. The van der Waals surface area contributed by atoms with Gasteiger partial charge >= 0.3 is 0 Å². The third kappa shape index (κ3) is 1.49. The average Bonchev–Trinajstić information content (AvgIpc) is 2.90. The number of nitriles is 1. The van der Waals surface area contributed by atoms with Crippen LogP contribution in [0.2, 0.25) is 0 Å². The fraction of sp³-hybridized carbons (Fsp3) is 0.765. The van der Waals surface area contributed by atoms with Crippen LogP contribution in [0.4, 0.5) is 0 Å². The molecule has 2 fully saturated rings. The lowest BCUT2D eigenvalue weighted by molar-refractivity contribution is -0.287. The molecule has 0 radical (unpaired) electrons. The van der Waals surface area contributed by atoms with Crippen molar-refractivity contribution in [1.82, 2.24) is 0 Å². The Morgan fingerprint density at radius 1 is 1.14 bits per heavy atom. The summed E-state index contributed by atoms with van der Waals surface area (Å²) < 4.78 is 12.1. The molecule has 0 N–H and O–H groups in total. The first kappa shape index (κ1) is 14.7. The molecular formula is C17H23NO3. The van der Waals surface area contributed by atoms with E-state index in [-0.39, 0.29) is 16.8 Å². The van der Waals surface area contributed by atoms with Gasteiger partial charge in [-0.1, -0.05) is 33.8 Å². The van der Waals surface area contributed by atoms with E-state index in [1.54, 1.807) is 0 Å². The molecule has 1 saturated carbocycles. The van der Waals surface area contributed by atoms with Crippen LogP contribution in [0.3, 0.4) is 0 Å². The highest BCUT2D eigenvalue weighted by atomic mass is 16.7. The van der Waals surface area contributed by atoms with E-state index < -0.39 is 16.6 Å². The first-order valence-electron chi connectivity index (χ1n) is 7.70. The standard InChI is InChI=1S/C17H23NO3/c1-14(2)13(19)12(11-18)10-16(4)15(14,3)6-5-7-17(16)20-8-9-21-17/h10H,5-9H2,1-4H3/t15-,16+/m1/s1. The third-order valence-corrected chi connectivity index (χ3v) is 6.62. The Bertz CT molecular complexity index is 565. The van der Waals surface area contributed by atoms with Gasteiger partial charge in [0.05, 0.1) is 18.8 Å². The van der Waals surface area contributed by atoms with E-state index in [2.05, 4.69) is 19.9 Å². The Morgan fingerprint density at radius 2 is 1.76 bits per heavy atom. The highest BCUT2D eigenvalue weighted by Gasteiger charge is 2.70. The van der Waals surface area contributed by atoms with Crippen molar-refractivity contribution < 1.29 is 14.3 Å². The number of carbonyl (C=O) groups excluding carboxylic acids is 1. The highest BCUT2D eigenvalue weighted by Crippen LogP contribution is 2.68. The number of ketones is 1. The fourth-order valence-electron chi connectivity index (χ4n) is 4.77. The monoisotopic (exact) mass is 289 g/mol. The zero-order valence-electron chi connectivity index (χ0n) is 13.3. The van der Waals surface area contributed by atoms with Crippen LogP contribution in [0.1, 0.15) is 47.0 Å². The summed E-state index contributed by atoms with van der Waals surface area (Å²) in [6, 6.07) is 2.09. The van der Waals surface area contributed by atoms with Gasteiger partial charge in [-0.3, -0.25) is 4.79 Å². The SMILES string of the molecule is CC1(C)C(=O)C(C#N)=C[C@]2(C)C3(CCC[C@]12C)OCCO3.